The van der Waals surface area contributed by atoms with Crippen LogP contribution in [0.4, 0.5) is 10.5 Å². The van der Waals surface area contributed by atoms with Crippen LogP contribution in [0, 0.1) is 6.92 Å². The molecule has 7 nitrogen and oxygen atoms in total. The molecule has 0 aromatic heterocycles. The maximum Gasteiger partial charge on any atom is 0.335 e. The van der Waals surface area contributed by atoms with Gasteiger partial charge in [0.1, 0.15) is 5.57 Å². The number of nitrogens with one attached hydrogen (secondary N) is 1. The van der Waals surface area contributed by atoms with E-state index in [-0.39, 0.29) is 5.57 Å². The number of hydrogen-bond acceptors (Lipinski definition) is 5. The van der Waals surface area contributed by atoms with E-state index in [9.17, 15) is 14.4 Å². The Hall–Kier alpha value is -3.45. The number of nitrogens with zero attached hydrogens (tertiary/aromatic N) is 3. The van der Waals surface area contributed by atoms with Crippen molar-refractivity contribution < 1.29 is 14.4 Å². The fourth-order valence-electron chi connectivity index (χ4n) is 3.75. The zero-order valence-corrected chi connectivity index (χ0v) is 16.9. The van der Waals surface area contributed by atoms with Crippen molar-refractivity contribution in [1.82, 2.24) is 15.1 Å². The van der Waals surface area contributed by atoms with Gasteiger partial charge in [-0.05, 0) is 24.1 Å². The average Bonchev–Trinajstić information content (AvgIpc) is 2.74. The van der Waals surface area contributed by atoms with Gasteiger partial charge in [0.05, 0.1) is 5.69 Å². The third-order valence-electron chi connectivity index (χ3n) is 5.43. The topological polar surface area (TPSA) is 73.0 Å². The number of para-hydroxylation sites is 1. The van der Waals surface area contributed by atoms with Gasteiger partial charge in [-0.2, -0.15) is 0 Å². The first kappa shape index (κ1) is 19.8. The Kier molecular flexibility index (Phi) is 5.63. The van der Waals surface area contributed by atoms with E-state index >= 15 is 0 Å². The number of anilines is 1. The Morgan fingerprint density at radius 1 is 0.900 bits per heavy atom. The molecule has 154 valence electrons. The van der Waals surface area contributed by atoms with Gasteiger partial charge in [-0.25, -0.2) is 9.69 Å². The van der Waals surface area contributed by atoms with E-state index in [4.69, 9.17) is 0 Å². The van der Waals surface area contributed by atoms with Crippen molar-refractivity contribution in [3.63, 3.8) is 0 Å². The number of rotatable bonds is 4. The summed E-state index contributed by atoms with van der Waals surface area (Å²) in [6.45, 7) is 5.76. The predicted octanol–water partition coefficient (Wildman–Crippen LogP) is 2.28. The molecule has 4 amide bonds. The third kappa shape index (κ3) is 4.11. The van der Waals surface area contributed by atoms with E-state index in [1.165, 1.54) is 5.56 Å². The van der Waals surface area contributed by atoms with Crippen molar-refractivity contribution >= 4 is 23.5 Å². The summed E-state index contributed by atoms with van der Waals surface area (Å²) in [6, 6.07) is 16.7. The van der Waals surface area contributed by atoms with Crippen LogP contribution in [0.15, 0.2) is 66.4 Å². The molecular weight excluding hydrogens is 380 g/mol. The molecule has 7 heteroatoms. The van der Waals surface area contributed by atoms with E-state index in [1.807, 2.05) is 42.2 Å². The predicted molar refractivity (Wildman–Crippen MR) is 114 cm³/mol. The number of barbiturate groups is 1. The summed E-state index contributed by atoms with van der Waals surface area (Å²) in [5, 5.41) is 2.29. The molecule has 2 heterocycles. The second-order valence-electron chi connectivity index (χ2n) is 7.53. The molecule has 2 aromatic rings. The highest BCUT2D eigenvalue weighted by molar-refractivity contribution is 6.37. The Morgan fingerprint density at radius 2 is 1.57 bits per heavy atom. The first-order valence-electron chi connectivity index (χ1n) is 10.0. The summed E-state index contributed by atoms with van der Waals surface area (Å²) in [5.41, 5.74) is 2.50. The van der Waals surface area contributed by atoms with Gasteiger partial charge in [-0.1, -0.05) is 48.5 Å². The number of hydrogen-bond donors (Lipinski definition) is 1. The smallest absolute Gasteiger partial charge is 0.335 e. The van der Waals surface area contributed by atoms with Crippen LogP contribution in [0.1, 0.15) is 11.1 Å². The van der Waals surface area contributed by atoms with Gasteiger partial charge in [0.25, 0.3) is 11.8 Å². The molecule has 0 bridgehead atoms. The van der Waals surface area contributed by atoms with Gasteiger partial charge >= 0.3 is 6.03 Å². The molecule has 2 saturated heterocycles. The molecule has 0 saturated carbocycles. The van der Waals surface area contributed by atoms with E-state index in [1.54, 1.807) is 18.3 Å². The van der Waals surface area contributed by atoms with E-state index in [2.05, 4.69) is 22.3 Å². The standard InChI is InChI=1S/C23H24N4O3/c1-17-7-5-6-10-20(17)27-22(29)19(21(28)24-23(27)30)16-26-13-11-25(12-14-26)15-18-8-3-2-4-9-18/h2-10,16H,11-15H2,1H3,(H,24,28,30)/b19-16-. The van der Waals surface area contributed by atoms with E-state index < -0.39 is 17.8 Å². The van der Waals surface area contributed by atoms with Gasteiger partial charge in [0.15, 0.2) is 0 Å². The third-order valence-corrected chi connectivity index (χ3v) is 5.43. The second-order valence-corrected chi connectivity index (χ2v) is 7.53. The highest BCUT2D eigenvalue weighted by atomic mass is 16.2. The van der Waals surface area contributed by atoms with Crippen LogP contribution in [-0.4, -0.2) is 53.8 Å². The maximum absolute atomic E-state index is 13.0. The highest BCUT2D eigenvalue weighted by Crippen LogP contribution is 2.24. The lowest BCUT2D eigenvalue weighted by Gasteiger charge is -2.35. The zero-order chi connectivity index (χ0) is 21.1. The fourth-order valence-corrected chi connectivity index (χ4v) is 3.75. The summed E-state index contributed by atoms with van der Waals surface area (Å²) >= 11 is 0. The molecule has 0 atom stereocenters. The molecule has 2 aliphatic heterocycles. The quantitative estimate of drug-likeness (QED) is 0.625. The number of piperazine rings is 1. The van der Waals surface area contributed by atoms with Crippen LogP contribution in [0.5, 0.6) is 0 Å². The highest BCUT2D eigenvalue weighted by Gasteiger charge is 2.38. The average molecular weight is 404 g/mol. The minimum atomic E-state index is -0.718. The molecule has 0 unspecified atom stereocenters. The van der Waals surface area contributed by atoms with Crippen molar-refractivity contribution in [3.05, 3.63) is 77.5 Å². The van der Waals surface area contributed by atoms with Crippen LogP contribution < -0.4 is 10.2 Å². The van der Waals surface area contributed by atoms with Crippen molar-refractivity contribution in [2.45, 2.75) is 13.5 Å². The van der Waals surface area contributed by atoms with Crippen molar-refractivity contribution in [2.24, 2.45) is 0 Å². The molecule has 1 N–H and O–H groups in total. The molecule has 0 aliphatic carbocycles. The minimum absolute atomic E-state index is 0.0191. The molecule has 2 aromatic carbocycles. The van der Waals surface area contributed by atoms with Gasteiger partial charge in [0, 0.05) is 38.9 Å². The first-order chi connectivity index (χ1) is 14.5. The molecule has 2 fully saturated rings. The zero-order valence-electron chi connectivity index (χ0n) is 16.9. The monoisotopic (exact) mass is 404 g/mol. The number of carbonyl (C=O) groups excluding carboxylic acids is 3. The molecular formula is C23H24N4O3. The minimum Gasteiger partial charge on any atom is -0.374 e. The van der Waals surface area contributed by atoms with Gasteiger partial charge in [-0.3, -0.25) is 19.8 Å². The summed E-state index contributed by atoms with van der Waals surface area (Å²) in [5.74, 6) is -1.24. The molecule has 2 aliphatic rings. The SMILES string of the molecule is Cc1ccccc1N1C(=O)NC(=O)/C(=C/N2CCN(Cc3ccccc3)CC2)C1=O. The number of aryl methyl sites for hydroxylation is 1. The number of carbonyl (C=O) groups is 3. The van der Waals surface area contributed by atoms with E-state index in [0.29, 0.717) is 18.8 Å². The first-order valence-corrected chi connectivity index (χ1v) is 10.0. The van der Waals surface area contributed by atoms with Crippen LogP contribution in [0.25, 0.3) is 0 Å². The number of urea groups is 1. The van der Waals surface area contributed by atoms with Crippen molar-refractivity contribution in [3.8, 4) is 0 Å². The Labute approximate surface area is 175 Å². The Morgan fingerprint density at radius 3 is 2.27 bits per heavy atom. The number of imide groups is 2. The van der Waals surface area contributed by atoms with Crippen LogP contribution >= 0.6 is 0 Å². The number of amides is 4. The summed E-state index contributed by atoms with van der Waals surface area (Å²) < 4.78 is 0. The van der Waals surface area contributed by atoms with Crippen LogP contribution in [0.2, 0.25) is 0 Å². The number of benzene rings is 2. The van der Waals surface area contributed by atoms with Gasteiger partial charge in [0.2, 0.25) is 0 Å². The van der Waals surface area contributed by atoms with Gasteiger partial charge < -0.3 is 4.90 Å². The second kappa shape index (κ2) is 8.51. The summed E-state index contributed by atoms with van der Waals surface area (Å²) in [4.78, 5) is 43.1. The Bertz CT molecular complexity index is 995. The Balaban J connectivity index is 1.46. The van der Waals surface area contributed by atoms with Crippen molar-refractivity contribution in [1.29, 1.82) is 0 Å². The lowest BCUT2D eigenvalue weighted by Crippen LogP contribution is -2.55. The maximum atomic E-state index is 13.0. The normalized spacial score (nSPS) is 19.4. The molecule has 30 heavy (non-hydrogen) atoms. The largest absolute Gasteiger partial charge is 0.374 e. The lowest BCUT2D eigenvalue weighted by molar-refractivity contribution is -0.122. The van der Waals surface area contributed by atoms with E-state index in [0.717, 1.165) is 30.1 Å². The molecule has 0 spiro atoms. The summed E-state index contributed by atoms with van der Waals surface area (Å²) in [7, 11) is 0. The summed E-state index contributed by atoms with van der Waals surface area (Å²) in [6.07, 6.45) is 1.59. The molecule has 0 radical (unpaired) electrons. The molecule has 4 rings (SSSR count). The van der Waals surface area contributed by atoms with Gasteiger partial charge in [-0.15, -0.1) is 0 Å². The lowest BCUT2D eigenvalue weighted by atomic mass is 10.1. The fraction of sp³-hybridized carbons (Fsp3) is 0.261. The van der Waals surface area contributed by atoms with Crippen molar-refractivity contribution in [2.75, 3.05) is 31.1 Å². The van der Waals surface area contributed by atoms with Crippen LogP contribution in [0.3, 0.4) is 0 Å². The van der Waals surface area contributed by atoms with Crippen LogP contribution in [-0.2, 0) is 16.1 Å².